The Balaban J connectivity index is 0.908. The molecule has 5 aliphatic heterocycles. The molecule has 0 spiro atoms. The van der Waals surface area contributed by atoms with Crippen LogP contribution in [0.3, 0.4) is 0 Å². The number of nitrogens with zero attached hydrogens (tertiary/aromatic N) is 5. The minimum atomic E-state index is -0.225. The van der Waals surface area contributed by atoms with Crippen molar-refractivity contribution in [1.29, 1.82) is 0 Å². The van der Waals surface area contributed by atoms with Crippen LogP contribution >= 0.6 is 0 Å². The number of hydrogen-bond donors (Lipinski definition) is 2. The first kappa shape index (κ1) is 53.4. The topological polar surface area (TPSA) is 199 Å². The average molecular weight is 1060 g/mol. The summed E-state index contributed by atoms with van der Waals surface area (Å²) in [5.41, 5.74) is 8.39. The third-order valence-corrected chi connectivity index (χ3v) is 14.6. The molecule has 0 radical (unpaired) electrons. The van der Waals surface area contributed by atoms with Crippen molar-refractivity contribution < 1.29 is 57.1 Å². The summed E-state index contributed by atoms with van der Waals surface area (Å²) >= 11 is 0. The van der Waals surface area contributed by atoms with Gasteiger partial charge in [-0.25, -0.2) is 0 Å². The number of carbonyl (C=O) groups excluding carboxylic acids is 5. The number of nitrogens with one attached hydrogen (secondary N) is 2. The molecule has 0 aliphatic carbocycles. The molecule has 1 saturated heterocycles. The average Bonchev–Trinajstić information content (AvgIpc) is 4.12. The molecule has 2 N–H and O–H groups in total. The molecule has 19 nitrogen and oxygen atoms in total. The highest BCUT2D eigenvalue weighted by Crippen LogP contribution is 2.43. The minimum absolute atomic E-state index is 0.0476. The molecule has 5 heterocycles. The Morgan fingerprint density at radius 2 is 1.32 bits per heavy atom. The summed E-state index contributed by atoms with van der Waals surface area (Å²) in [6.07, 6.45) is 4.29. The van der Waals surface area contributed by atoms with Crippen molar-refractivity contribution in [2.45, 2.75) is 63.8 Å². The number of amides is 5. The van der Waals surface area contributed by atoms with Crippen LogP contribution in [-0.2, 0) is 54.6 Å². The van der Waals surface area contributed by atoms with Gasteiger partial charge in [-0.05, 0) is 77.6 Å². The van der Waals surface area contributed by atoms with Crippen molar-refractivity contribution in [3.05, 3.63) is 124 Å². The van der Waals surface area contributed by atoms with Gasteiger partial charge < -0.3 is 53.6 Å². The van der Waals surface area contributed by atoms with E-state index in [1.165, 1.54) is 12.0 Å². The summed E-state index contributed by atoms with van der Waals surface area (Å²) in [6, 6.07) is 28.7. The fourth-order valence-electron chi connectivity index (χ4n) is 10.7. The molecule has 5 aromatic carbocycles. The van der Waals surface area contributed by atoms with E-state index >= 15 is 0 Å². The standard InChI is InChI=1S/C59H65N7O12/c1-72-21-22-76-24-23-75-20-19-63(17-8-13-55(67)60-16-18-64-56(68)14-15-57(64)69)42-26-38(36-77-53-32-47-45(30-51(53)73-2)58(70)65-43(34-61-47)28-40-9-4-6-11-49(40)65)25-39(27-42)37-78-54-33-48-46(31-52(54)74-3)59(71)66-44(35-62-48)29-41-10-5-7-12-50(41)66/h4-7,9-12,25-27,30-34,43-44,62H,8,13-24,28-29,35-37H2,1-3H3,(H,60,67)/t43-,44-/m0/s1. The van der Waals surface area contributed by atoms with Crippen LogP contribution in [-0.4, -0.2) is 140 Å². The molecule has 5 aromatic rings. The van der Waals surface area contributed by atoms with Crippen molar-refractivity contribution >= 4 is 64.2 Å². The largest absolute Gasteiger partial charge is 0.493 e. The summed E-state index contributed by atoms with van der Waals surface area (Å²) in [5, 5.41) is 6.38. The van der Waals surface area contributed by atoms with Gasteiger partial charge in [-0.15, -0.1) is 0 Å². The molecular formula is C59H65N7O12. The number of anilines is 4. The van der Waals surface area contributed by atoms with Crippen LogP contribution in [0, 0.1) is 0 Å². The van der Waals surface area contributed by atoms with E-state index in [0.29, 0.717) is 111 Å². The molecule has 408 valence electrons. The second-order valence-corrected chi connectivity index (χ2v) is 19.6. The van der Waals surface area contributed by atoms with Crippen LogP contribution in [0.5, 0.6) is 23.0 Å². The number of fused-ring (bicyclic) bond motifs is 8. The maximum Gasteiger partial charge on any atom is 0.261 e. The van der Waals surface area contributed by atoms with Crippen LogP contribution in [0.25, 0.3) is 0 Å². The molecule has 0 bridgehead atoms. The lowest BCUT2D eigenvalue weighted by atomic mass is 10.1. The third kappa shape index (κ3) is 11.8. The molecule has 2 atom stereocenters. The number of benzene rings is 5. The van der Waals surface area contributed by atoms with E-state index in [1.54, 1.807) is 37.3 Å². The number of methoxy groups -OCH3 is 3. The van der Waals surface area contributed by atoms with E-state index < -0.39 is 0 Å². The highest BCUT2D eigenvalue weighted by Gasteiger charge is 2.39. The van der Waals surface area contributed by atoms with Gasteiger partial charge in [0.15, 0.2) is 23.0 Å². The molecule has 19 heteroatoms. The molecule has 5 amide bonds. The van der Waals surface area contributed by atoms with Gasteiger partial charge >= 0.3 is 0 Å². The number of rotatable bonds is 25. The summed E-state index contributed by atoms with van der Waals surface area (Å²) < 4.78 is 41.7. The first-order valence-electron chi connectivity index (χ1n) is 26.5. The van der Waals surface area contributed by atoms with Crippen molar-refractivity contribution in [3.63, 3.8) is 0 Å². The Labute approximate surface area is 453 Å². The molecule has 0 saturated carbocycles. The highest BCUT2D eigenvalue weighted by atomic mass is 16.5. The summed E-state index contributed by atoms with van der Waals surface area (Å²) in [6.45, 7) is 4.01. The first-order chi connectivity index (χ1) is 38.1. The smallest absolute Gasteiger partial charge is 0.261 e. The normalized spacial score (nSPS) is 16.8. The summed E-state index contributed by atoms with van der Waals surface area (Å²) in [7, 11) is 4.71. The van der Waals surface area contributed by atoms with Gasteiger partial charge in [0, 0.05) is 101 Å². The monoisotopic (exact) mass is 1060 g/mol. The second-order valence-electron chi connectivity index (χ2n) is 19.6. The van der Waals surface area contributed by atoms with Crippen LogP contribution in [0.4, 0.5) is 28.4 Å². The van der Waals surface area contributed by atoms with Gasteiger partial charge in [0.2, 0.25) is 17.7 Å². The van der Waals surface area contributed by atoms with E-state index in [4.69, 9.17) is 38.2 Å². The lowest BCUT2D eigenvalue weighted by Gasteiger charge is -2.26. The minimum Gasteiger partial charge on any atom is -0.493 e. The lowest BCUT2D eigenvalue weighted by Crippen LogP contribution is -2.39. The molecule has 78 heavy (non-hydrogen) atoms. The van der Waals surface area contributed by atoms with Crippen molar-refractivity contribution in [2.24, 2.45) is 4.99 Å². The lowest BCUT2D eigenvalue weighted by molar-refractivity contribution is -0.138. The number of aliphatic imine (C=N–C) groups is 1. The zero-order valence-electron chi connectivity index (χ0n) is 44.3. The SMILES string of the molecule is COCCOCCOCCN(CCCC(=O)NCCN1C(=O)CCC1=O)c1cc(COc2cc3c(cc2OC)C(=O)N2c4ccccc4C[C@H]2C=N3)cc(COc2cc3c(cc2OC)C(=O)N2c4ccccc4C[C@H]2CN3)c1. The van der Waals surface area contributed by atoms with Crippen LogP contribution in [0.2, 0.25) is 0 Å². The van der Waals surface area contributed by atoms with E-state index in [-0.39, 0.29) is 87.2 Å². The van der Waals surface area contributed by atoms with Crippen molar-refractivity contribution in [2.75, 3.05) is 107 Å². The Morgan fingerprint density at radius 3 is 2.03 bits per heavy atom. The maximum absolute atomic E-state index is 14.2. The number of carbonyl (C=O) groups is 5. The van der Waals surface area contributed by atoms with Crippen molar-refractivity contribution in [3.8, 4) is 23.0 Å². The number of likely N-dealkylation sites (tertiary alicyclic amines) is 1. The van der Waals surface area contributed by atoms with Gasteiger partial charge in [0.25, 0.3) is 11.8 Å². The Hall–Kier alpha value is -8.00. The maximum atomic E-state index is 14.2. The first-order valence-corrected chi connectivity index (χ1v) is 26.5. The summed E-state index contributed by atoms with van der Waals surface area (Å²) in [5.74, 6) is 0.685. The van der Waals surface area contributed by atoms with Gasteiger partial charge in [-0.2, -0.15) is 0 Å². The number of para-hydroxylation sites is 2. The zero-order valence-corrected chi connectivity index (χ0v) is 44.3. The van der Waals surface area contributed by atoms with E-state index in [0.717, 1.165) is 45.7 Å². The molecule has 0 unspecified atom stereocenters. The molecule has 5 aliphatic rings. The van der Waals surface area contributed by atoms with E-state index in [1.807, 2.05) is 77.8 Å². The molecular weight excluding hydrogens is 999 g/mol. The predicted octanol–water partition coefficient (Wildman–Crippen LogP) is 6.68. The van der Waals surface area contributed by atoms with Crippen LogP contribution in [0.1, 0.15) is 68.7 Å². The quantitative estimate of drug-likeness (QED) is 0.0464. The number of imide groups is 1. The third-order valence-electron chi connectivity index (χ3n) is 14.6. The van der Waals surface area contributed by atoms with Gasteiger partial charge in [0.1, 0.15) is 13.2 Å². The number of hydrogen-bond acceptors (Lipinski definition) is 15. The van der Waals surface area contributed by atoms with Crippen LogP contribution < -0.4 is 44.3 Å². The van der Waals surface area contributed by atoms with Gasteiger partial charge in [-0.1, -0.05) is 36.4 Å². The molecule has 10 rings (SSSR count). The number of ether oxygens (including phenoxy) is 7. The Kier molecular flexibility index (Phi) is 16.8. The Bertz CT molecular complexity index is 3080. The predicted molar refractivity (Wildman–Crippen MR) is 293 cm³/mol. The highest BCUT2D eigenvalue weighted by molar-refractivity contribution is 6.15. The van der Waals surface area contributed by atoms with Crippen molar-refractivity contribution in [1.82, 2.24) is 10.2 Å². The molecule has 0 aromatic heterocycles. The molecule has 1 fully saturated rings. The van der Waals surface area contributed by atoms with Gasteiger partial charge in [0.05, 0.1) is 81.8 Å². The second kappa shape index (κ2) is 24.6. The van der Waals surface area contributed by atoms with E-state index in [2.05, 4.69) is 21.6 Å². The zero-order chi connectivity index (χ0) is 54.1. The van der Waals surface area contributed by atoms with Gasteiger partial charge in [-0.3, -0.25) is 38.8 Å². The summed E-state index contributed by atoms with van der Waals surface area (Å²) in [4.78, 5) is 77.7. The fourth-order valence-corrected chi connectivity index (χ4v) is 10.7. The van der Waals surface area contributed by atoms with E-state index in [9.17, 15) is 24.0 Å². The Morgan fingerprint density at radius 1 is 0.692 bits per heavy atom. The van der Waals surface area contributed by atoms with Crippen LogP contribution in [0.15, 0.2) is 96.0 Å². The fraction of sp³-hybridized carbons (Fsp3) is 0.390.